The van der Waals surface area contributed by atoms with Gasteiger partial charge in [0.1, 0.15) is 11.5 Å². The molecule has 1 atom stereocenters. The van der Waals surface area contributed by atoms with Crippen molar-refractivity contribution in [3.8, 4) is 0 Å². The summed E-state index contributed by atoms with van der Waals surface area (Å²) in [5, 5.41) is 13.2. The Bertz CT molecular complexity index is 1070. The Labute approximate surface area is 197 Å². The zero-order valence-electron chi connectivity index (χ0n) is 19.7. The highest BCUT2D eigenvalue weighted by molar-refractivity contribution is 7.10. The summed E-state index contributed by atoms with van der Waals surface area (Å²) in [6.45, 7) is 10.6. The van der Waals surface area contributed by atoms with E-state index in [4.69, 9.17) is 4.74 Å². The molecule has 2 aromatic heterocycles. The molecule has 1 unspecified atom stereocenters. The molecule has 0 bridgehead atoms. The number of hydrogen-bond donors (Lipinski definition) is 2. The lowest BCUT2D eigenvalue weighted by atomic mass is 9.97. The number of nitrogens with one attached hydrogen (secondary N) is 1. The Morgan fingerprint density at radius 3 is 2.55 bits per heavy atom. The van der Waals surface area contributed by atoms with Crippen molar-refractivity contribution in [2.24, 2.45) is 0 Å². The summed E-state index contributed by atoms with van der Waals surface area (Å²) in [7, 11) is 1.28. The highest BCUT2D eigenvalue weighted by Crippen LogP contribution is 2.42. The molecule has 33 heavy (non-hydrogen) atoms. The summed E-state index contributed by atoms with van der Waals surface area (Å²) >= 11 is 1.43. The molecule has 3 heterocycles. The highest BCUT2D eigenvalue weighted by atomic mass is 32.1. The van der Waals surface area contributed by atoms with Crippen molar-refractivity contribution in [2.45, 2.75) is 40.2 Å². The summed E-state index contributed by atoms with van der Waals surface area (Å²) in [6, 6.07) is 3.05. The molecule has 0 aliphatic carbocycles. The van der Waals surface area contributed by atoms with Crippen molar-refractivity contribution in [3.63, 3.8) is 0 Å². The van der Waals surface area contributed by atoms with Crippen LogP contribution in [-0.2, 0) is 14.3 Å². The maximum absolute atomic E-state index is 13.1. The molecule has 1 amide bonds. The lowest BCUT2D eigenvalue weighted by molar-refractivity contribution is -0.139. The average Bonchev–Trinajstić information content (AvgIpc) is 3.49. The number of H-pyrrole nitrogens is 1. The molecule has 3 rings (SSSR count). The van der Waals surface area contributed by atoms with Gasteiger partial charge in [-0.15, -0.1) is 11.3 Å². The first-order valence-corrected chi connectivity index (χ1v) is 12.0. The second-order valence-electron chi connectivity index (χ2n) is 8.00. The van der Waals surface area contributed by atoms with Crippen LogP contribution in [0.5, 0.6) is 0 Å². The Morgan fingerprint density at radius 2 is 1.97 bits per heavy atom. The van der Waals surface area contributed by atoms with Crippen LogP contribution < -0.4 is 0 Å². The van der Waals surface area contributed by atoms with Crippen molar-refractivity contribution in [2.75, 3.05) is 33.3 Å². The van der Waals surface area contributed by atoms with Gasteiger partial charge in [0, 0.05) is 22.7 Å². The second-order valence-corrected chi connectivity index (χ2v) is 8.98. The van der Waals surface area contributed by atoms with Crippen molar-refractivity contribution < 1.29 is 24.2 Å². The number of aliphatic hydroxyl groups is 1. The van der Waals surface area contributed by atoms with E-state index in [2.05, 4.69) is 23.7 Å². The minimum Gasteiger partial charge on any atom is -0.507 e. The first kappa shape index (κ1) is 24.7. The first-order valence-electron chi connectivity index (χ1n) is 11.1. The van der Waals surface area contributed by atoms with Gasteiger partial charge in [-0.1, -0.05) is 19.9 Å². The number of ether oxygens (including phenoxy) is 1. The van der Waals surface area contributed by atoms with Gasteiger partial charge < -0.3 is 24.6 Å². The van der Waals surface area contributed by atoms with Gasteiger partial charge in [-0.05, 0) is 56.9 Å². The minimum absolute atomic E-state index is 0.0481. The Morgan fingerprint density at radius 1 is 1.27 bits per heavy atom. The molecule has 1 aliphatic rings. The van der Waals surface area contributed by atoms with E-state index >= 15 is 0 Å². The van der Waals surface area contributed by atoms with Crippen molar-refractivity contribution in [1.82, 2.24) is 14.8 Å². The number of likely N-dealkylation sites (tertiary alicyclic amines) is 1. The first-order chi connectivity index (χ1) is 15.8. The van der Waals surface area contributed by atoms with E-state index in [9.17, 15) is 19.5 Å². The van der Waals surface area contributed by atoms with Crippen LogP contribution in [0.25, 0.3) is 5.76 Å². The molecule has 2 N–H and O–H groups in total. The molecule has 0 spiro atoms. The molecule has 0 aromatic carbocycles. The minimum atomic E-state index is -0.714. The van der Waals surface area contributed by atoms with E-state index < -0.39 is 23.7 Å². The summed E-state index contributed by atoms with van der Waals surface area (Å²) in [5.74, 6) is -2.18. The molecular weight excluding hydrogens is 442 g/mol. The van der Waals surface area contributed by atoms with Crippen LogP contribution in [0.4, 0.5) is 0 Å². The average molecular weight is 474 g/mol. The maximum Gasteiger partial charge on any atom is 0.354 e. The zero-order chi connectivity index (χ0) is 24.3. The largest absolute Gasteiger partial charge is 0.507 e. The van der Waals surface area contributed by atoms with E-state index in [0.717, 1.165) is 24.5 Å². The quantitative estimate of drug-likeness (QED) is 0.250. The zero-order valence-corrected chi connectivity index (χ0v) is 20.5. The summed E-state index contributed by atoms with van der Waals surface area (Å²) in [5.41, 5.74) is 1.58. The lowest BCUT2D eigenvalue weighted by Gasteiger charge is -2.25. The summed E-state index contributed by atoms with van der Waals surface area (Å²) in [6.07, 6.45) is 0.714. The molecule has 178 valence electrons. The third-order valence-corrected chi connectivity index (χ3v) is 7.11. The number of esters is 1. The third-order valence-electron chi connectivity index (χ3n) is 6.18. The predicted molar refractivity (Wildman–Crippen MR) is 127 cm³/mol. The van der Waals surface area contributed by atoms with Gasteiger partial charge in [-0.25, -0.2) is 4.79 Å². The monoisotopic (exact) mass is 473 g/mol. The van der Waals surface area contributed by atoms with Gasteiger partial charge in [0.15, 0.2) is 0 Å². The molecule has 1 saturated heterocycles. The van der Waals surface area contributed by atoms with Crippen LogP contribution >= 0.6 is 11.3 Å². The number of aromatic amines is 1. The van der Waals surface area contributed by atoms with E-state index in [1.54, 1.807) is 18.7 Å². The standard InChI is InChI=1S/C24H31N3O5S/c1-6-26(7-2)11-9-12-27-20(16-10-8-13-33-16)18(22(29)23(27)30)21(28)17-14(3)19(24(31)32-5)25-15(17)4/h8,10,13,20,25,28H,6-7,9,11-12H2,1-5H3/b21-18-. The molecular formula is C24H31N3O5S. The fourth-order valence-corrected chi connectivity index (χ4v) is 5.25. The molecule has 0 saturated carbocycles. The van der Waals surface area contributed by atoms with Gasteiger partial charge in [0.2, 0.25) is 0 Å². The molecule has 9 heteroatoms. The highest BCUT2D eigenvalue weighted by Gasteiger charge is 2.46. The summed E-state index contributed by atoms with van der Waals surface area (Å²) < 4.78 is 4.81. The van der Waals surface area contributed by atoms with Gasteiger partial charge in [-0.2, -0.15) is 0 Å². The van der Waals surface area contributed by atoms with Crippen LogP contribution in [0, 0.1) is 13.8 Å². The number of thiophene rings is 1. The molecule has 1 aliphatic heterocycles. The number of carbonyl (C=O) groups excluding carboxylic acids is 3. The van der Waals surface area contributed by atoms with Gasteiger partial charge >= 0.3 is 5.97 Å². The molecule has 0 radical (unpaired) electrons. The van der Waals surface area contributed by atoms with Crippen LogP contribution in [-0.4, -0.2) is 70.8 Å². The van der Waals surface area contributed by atoms with Gasteiger partial charge in [0.05, 0.1) is 18.7 Å². The number of aromatic nitrogens is 1. The third kappa shape index (κ3) is 4.60. The number of Topliss-reactive ketones (excluding diaryl/α,β-unsaturated/α-hetero) is 1. The predicted octanol–water partition coefficient (Wildman–Crippen LogP) is 3.63. The van der Waals surface area contributed by atoms with Crippen LogP contribution in [0.2, 0.25) is 0 Å². The van der Waals surface area contributed by atoms with Crippen LogP contribution in [0.3, 0.4) is 0 Å². The number of hydrogen-bond acceptors (Lipinski definition) is 7. The lowest BCUT2D eigenvalue weighted by Crippen LogP contribution is -2.33. The smallest absolute Gasteiger partial charge is 0.354 e. The Kier molecular flexibility index (Phi) is 7.76. The van der Waals surface area contributed by atoms with Crippen molar-refractivity contribution in [1.29, 1.82) is 0 Å². The normalized spacial score (nSPS) is 17.9. The fraction of sp³-hybridized carbons (Fsp3) is 0.458. The van der Waals surface area contributed by atoms with Gasteiger partial charge in [-0.3, -0.25) is 9.59 Å². The number of methoxy groups -OCH3 is 1. The summed E-state index contributed by atoms with van der Waals surface area (Å²) in [4.78, 5) is 45.8. The van der Waals surface area contributed by atoms with Crippen LogP contribution in [0.15, 0.2) is 23.1 Å². The van der Waals surface area contributed by atoms with Crippen molar-refractivity contribution >= 4 is 34.8 Å². The Balaban J connectivity index is 2.06. The Hall–Kier alpha value is -2.91. The topological polar surface area (TPSA) is 103 Å². The molecule has 8 nitrogen and oxygen atoms in total. The SMILES string of the molecule is CCN(CC)CCCN1C(=O)C(=O)/C(=C(\O)c2c(C)[nH]c(C(=O)OC)c2C)C1c1cccs1. The number of amides is 1. The second kappa shape index (κ2) is 10.4. The fourth-order valence-electron chi connectivity index (χ4n) is 4.40. The molecule has 1 fully saturated rings. The van der Waals surface area contributed by atoms with Gasteiger partial charge in [0.25, 0.3) is 11.7 Å². The molecule has 2 aromatic rings. The number of aliphatic hydroxyl groups excluding tert-OH is 1. The number of carbonyl (C=O) groups is 3. The number of ketones is 1. The number of nitrogens with zero attached hydrogens (tertiary/aromatic N) is 2. The van der Waals surface area contributed by atoms with E-state index in [1.807, 2.05) is 17.5 Å². The van der Waals surface area contributed by atoms with E-state index in [0.29, 0.717) is 29.8 Å². The van der Waals surface area contributed by atoms with E-state index in [1.165, 1.54) is 18.4 Å². The van der Waals surface area contributed by atoms with Crippen molar-refractivity contribution in [3.05, 3.63) is 50.5 Å². The number of aryl methyl sites for hydroxylation is 1. The van der Waals surface area contributed by atoms with E-state index in [-0.39, 0.29) is 17.0 Å². The maximum atomic E-state index is 13.1. The number of rotatable bonds is 9. The van der Waals surface area contributed by atoms with Crippen LogP contribution in [0.1, 0.15) is 58.5 Å².